The van der Waals surface area contributed by atoms with Crippen LogP contribution in [0.25, 0.3) is 0 Å². The van der Waals surface area contributed by atoms with Crippen LogP contribution in [-0.2, 0) is 19.1 Å². The number of nitrogens with zero attached hydrogens (tertiary/aromatic N) is 2. The maximum Gasteiger partial charge on any atom is 0.415 e. The Kier molecular flexibility index (Phi) is 11.7. The molecule has 2 N–H and O–H groups in total. The lowest BCUT2D eigenvalue weighted by Gasteiger charge is -2.20. The van der Waals surface area contributed by atoms with E-state index in [1.165, 1.54) is 20.2 Å². The van der Waals surface area contributed by atoms with Gasteiger partial charge in [-0.15, -0.1) is 6.58 Å². The molecule has 1 atom stereocenters. The van der Waals surface area contributed by atoms with E-state index >= 15 is 0 Å². The predicted octanol–water partition coefficient (Wildman–Crippen LogP) is 1.56. The first-order valence-corrected chi connectivity index (χ1v) is 8.86. The van der Waals surface area contributed by atoms with Crippen LogP contribution in [-0.4, -0.2) is 66.2 Å². The van der Waals surface area contributed by atoms with Gasteiger partial charge in [0.2, 0.25) is 17.7 Å². The fourth-order valence-corrected chi connectivity index (χ4v) is 2.39. The molecular formula is C18H31N3O6. The van der Waals surface area contributed by atoms with E-state index in [0.717, 1.165) is 4.90 Å². The zero-order valence-electron chi connectivity index (χ0n) is 16.6. The molecule has 0 bridgehead atoms. The summed E-state index contributed by atoms with van der Waals surface area (Å²) in [7, 11) is 2.51. The number of amides is 4. The minimum Gasteiger partial charge on any atom is -0.452 e. The molecule has 0 aliphatic rings. The number of hydrogen-bond acceptors (Lipinski definition) is 6. The minimum atomic E-state index is -0.743. The van der Waals surface area contributed by atoms with Gasteiger partial charge in [0.15, 0.2) is 0 Å². The Morgan fingerprint density at radius 2 is 1.85 bits per heavy atom. The summed E-state index contributed by atoms with van der Waals surface area (Å²) in [4.78, 5) is 48.2. The molecule has 0 aromatic heterocycles. The highest BCUT2D eigenvalue weighted by molar-refractivity contribution is 5.91. The molecule has 27 heavy (non-hydrogen) atoms. The van der Waals surface area contributed by atoms with Crippen molar-refractivity contribution in [2.75, 3.05) is 27.2 Å². The largest absolute Gasteiger partial charge is 0.452 e. The van der Waals surface area contributed by atoms with Gasteiger partial charge in [0.1, 0.15) is 0 Å². The van der Waals surface area contributed by atoms with E-state index < -0.39 is 23.8 Å². The van der Waals surface area contributed by atoms with Gasteiger partial charge in [-0.1, -0.05) is 19.9 Å². The van der Waals surface area contributed by atoms with Crippen LogP contribution in [0.3, 0.4) is 0 Å². The van der Waals surface area contributed by atoms with Gasteiger partial charge >= 0.3 is 6.09 Å². The van der Waals surface area contributed by atoms with Gasteiger partial charge in [0.05, 0.1) is 13.7 Å². The molecule has 0 fully saturated rings. The van der Waals surface area contributed by atoms with Crippen molar-refractivity contribution in [2.24, 2.45) is 11.8 Å². The molecule has 0 saturated heterocycles. The van der Waals surface area contributed by atoms with Crippen LogP contribution in [0, 0.1) is 11.8 Å². The van der Waals surface area contributed by atoms with E-state index in [9.17, 15) is 24.4 Å². The molecule has 0 aromatic rings. The van der Waals surface area contributed by atoms with Gasteiger partial charge in [-0.2, -0.15) is 0 Å². The number of imide groups is 1. The van der Waals surface area contributed by atoms with E-state index in [1.807, 2.05) is 13.8 Å². The first-order valence-electron chi connectivity index (χ1n) is 8.86. The van der Waals surface area contributed by atoms with Gasteiger partial charge in [0.25, 0.3) is 0 Å². The molecule has 9 heteroatoms. The van der Waals surface area contributed by atoms with E-state index in [-0.39, 0.29) is 37.8 Å². The van der Waals surface area contributed by atoms with E-state index in [0.29, 0.717) is 17.9 Å². The molecule has 0 rings (SSSR count). The molecule has 4 amide bonds. The lowest BCUT2D eigenvalue weighted by Crippen LogP contribution is -2.37. The van der Waals surface area contributed by atoms with Crippen molar-refractivity contribution in [2.45, 2.75) is 39.5 Å². The average molecular weight is 385 g/mol. The molecule has 9 nitrogen and oxygen atoms in total. The molecule has 0 aliphatic carbocycles. The van der Waals surface area contributed by atoms with Crippen LogP contribution >= 0.6 is 0 Å². The number of rotatable bonds is 11. The third-order valence-electron chi connectivity index (χ3n) is 3.83. The third-order valence-corrected chi connectivity index (χ3v) is 3.83. The van der Waals surface area contributed by atoms with Crippen molar-refractivity contribution in [1.82, 2.24) is 15.3 Å². The predicted molar refractivity (Wildman–Crippen MR) is 98.7 cm³/mol. The summed E-state index contributed by atoms with van der Waals surface area (Å²) in [5.74, 6) is -1.66. The van der Waals surface area contributed by atoms with Crippen molar-refractivity contribution < 1.29 is 29.1 Å². The summed E-state index contributed by atoms with van der Waals surface area (Å²) >= 11 is 0. The molecule has 0 spiro atoms. The number of methoxy groups -OCH3 is 1. The Morgan fingerprint density at radius 3 is 2.37 bits per heavy atom. The second-order valence-electron chi connectivity index (χ2n) is 6.61. The van der Waals surface area contributed by atoms with E-state index in [4.69, 9.17) is 0 Å². The Balaban J connectivity index is 4.52. The number of hydrogen-bond donors (Lipinski definition) is 2. The lowest BCUT2D eigenvalue weighted by molar-refractivity contribution is -0.165. The second kappa shape index (κ2) is 12.9. The number of carbonyl (C=O) groups is 4. The average Bonchev–Trinajstić information content (AvgIpc) is 2.62. The summed E-state index contributed by atoms with van der Waals surface area (Å²) in [6.45, 7) is 7.54. The number of hydroxylamine groups is 2. The first-order chi connectivity index (χ1) is 12.6. The lowest BCUT2D eigenvalue weighted by atomic mass is 9.93. The summed E-state index contributed by atoms with van der Waals surface area (Å²) < 4.78 is 4.45. The smallest absolute Gasteiger partial charge is 0.415 e. The van der Waals surface area contributed by atoms with Crippen molar-refractivity contribution in [3.05, 3.63) is 12.7 Å². The highest BCUT2D eigenvalue weighted by atomic mass is 16.5. The maximum atomic E-state index is 12.4. The normalized spacial score (nSPS) is 11.5. The molecule has 0 radical (unpaired) electrons. The van der Waals surface area contributed by atoms with Gasteiger partial charge < -0.3 is 10.1 Å². The molecule has 0 aromatic carbocycles. The van der Waals surface area contributed by atoms with Crippen LogP contribution < -0.4 is 5.32 Å². The topological polar surface area (TPSA) is 116 Å². The van der Waals surface area contributed by atoms with Crippen molar-refractivity contribution in [3.8, 4) is 0 Å². The minimum absolute atomic E-state index is 0.00925. The summed E-state index contributed by atoms with van der Waals surface area (Å²) in [5.41, 5.74) is 0. The van der Waals surface area contributed by atoms with Crippen molar-refractivity contribution in [1.29, 1.82) is 0 Å². The van der Waals surface area contributed by atoms with Crippen molar-refractivity contribution >= 4 is 23.8 Å². The number of nitrogens with one attached hydrogen (secondary N) is 1. The van der Waals surface area contributed by atoms with Crippen LogP contribution in [0.5, 0.6) is 0 Å². The fourth-order valence-electron chi connectivity index (χ4n) is 2.39. The molecule has 0 aliphatic heterocycles. The highest BCUT2D eigenvalue weighted by Crippen LogP contribution is 2.17. The standard InChI is InChI=1S/C18H31N3O6/c1-6-10-21(26)16(23)12-14(11-13(2)3)17(24)19-9-7-8-15(22)20(4)18(25)27-5/h6,13-14,26H,1,7-12H2,2-5H3,(H,19,24)/t14-/m1/s1. The van der Waals surface area contributed by atoms with Gasteiger partial charge in [-0.05, 0) is 18.8 Å². The zero-order valence-corrected chi connectivity index (χ0v) is 16.6. The van der Waals surface area contributed by atoms with Crippen molar-refractivity contribution in [3.63, 3.8) is 0 Å². The monoisotopic (exact) mass is 385 g/mol. The van der Waals surface area contributed by atoms with Gasteiger partial charge in [-0.25, -0.2) is 9.86 Å². The van der Waals surface area contributed by atoms with Crippen LogP contribution in [0.4, 0.5) is 4.79 Å². The van der Waals surface area contributed by atoms with E-state index in [2.05, 4.69) is 16.6 Å². The number of ether oxygens (including phenoxy) is 1. The van der Waals surface area contributed by atoms with Crippen LogP contribution in [0.1, 0.15) is 39.5 Å². The zero-order chi connectivity index (χ0) is 21.0. The third kappa shape index (κ3) is 9.74. The summed E-state index contributed by atoms with van der Waals surface area (Å²) in [6.07, 6.45) is 1.44. The quantitative estimate of drug-likeness (QED) is 0.241. The molecule has 154 valence electrons. The highest BCUT2D eigenvalue weighted by Gasteiger charge is 2.25. The van der Waals surface area contributed by atoms with Gasteiger partial charge in [-0.3, -0.25) is 24.5 Å². The SMILES string of the molecule is C=CCN(O)C(=O)C[C@@H](CC(C)C)C(=O)NCCCC(=O)N(C)C(=O)OC. The molecular weight excluding hydrogens is 354 g/mol. The Hall–Kier alpha value is -2.42. The summed E-state index contributed by atoms with van der Waals surface area (Å²) in [5, 5.41) is 12.8. The molecule has 0 unspecified atom stereocenters. The Morgan fingerprint density at radius 1 is 1.22 bits per heavy atom. The second-order valence-corrected chi connectivity index (χ2v) is 6.61. The van der Waals surface area contributed by atoms with E-state index in [1.54, 1.807) is 0 Å². The first kappa shape index (κ1) is 24.6. The Labute approximate surface area is 160 Å². The van der Waals surface area contributed by atoms with Crippen LogP contribution in [0.15, 0.2) is 12.7 Å². The fraction of sp³-hybridized carbons (Fsp3) is 0.667. The maximum absolute atomic E-state index is 12.4. The van der Waals surface area contributed by atoms with Gasteiger partial charge in [0, 0.05) is 32.4 Å². The van der Waals surface area contributed by atoms with Crippen LogP contribution in [0.2, 0.25) is 0 Å². The number of carbonyl (C=O) groups excluding carboxylic acids is 4. The molecule has 0 heterocycles. The summed E-state index contributed by atoms with van der Waals surface area (Å²) in [6, 6.07) is 0. The Bertz CT molecular complexity index is 535. The molecule has 0 saturated carbocycles.